The Morgan fingerprint density at radius 1 is 1.10 bits per heavy atom. The smallest absolute Gasteiger partial charge is 0.410 e. The minimum atomic E-state index is -1.25. The molecule has 1 N–H and O–H groups in total. The van der Waals surface area contributed by atoms with Crippen molar-refractivity contribution in [1.29, 1.82) is 0 Å². The molecule has 0 radical (unpaired) electrons. The fourth-order valence-corrected chi connectivity index (χ4v) is 3.29. The molecule has 0 aromatic carbocycles. The van der Waals surface area contributed by atoms with Gasteiger partial charge in [-0.3, -0.25) is 9.59 Å². The van der Waals surface area contributed by atoms with Gasteiger partial charge in [-0.15, -0.1) is 0 Å². The number of carboxylic acids is 1. The lowest BCUT2D eigenvalue weighted by Gasteiger charge is -2.48. The number of likely N-dealkylation sites (tertiary alicyclic amines) is 1. The second-order valence-corrected chi connectivity index (χ2v) is 6.80. The van der Waals surface area contributed by atoms with Crippen molar-refractivity contribution in [3.63, 3.8) is 0 Å². The molecule has 2 rings (SSSR count). The topological polar surface area (TPSA) is 93.1 Å². The number of rotatable bonds is 2. The van der Waals surface area contributed by atoms with Gasteiger partial charge < -0.3 is 19.5 Å². The number of fused-ring (bicyclic) bond motifs is 1. The Labute approximate surface area is 123 Å². The Morgan fingerprint density at radius 2 is 1.62 bits per heavy atom. The molecule has 7 nitrogen and oxygen atoms in total. The molecular formula is C14H21NO6. The van der Waals surface area contributed by atoms with Gasteiger partial charge in [0.2, 0.25) is 0 Å². The maximum atomic E-state index is 12.2. The highest BCUT2D eigenvalue weighted by atomic mass is 16.6. The molecule has 1 aliphatic heterocycles. The number of nitrogens with zero attached hydrogens (tertiary/aromatic N) is 1. The van der Waals surface area contributed by atoms with Gasteiger partial charge in [-0.25, -0.2) is 4.79 Å². The SMILES string of the molecule is COC(=O)[C@]12CC[C@@]1(C(=O)O)CN(C(=O)OC(C)(C)C)C2. The van der Waals surface area contributed by atoms with Crippen LogP contribution in [0.5, 0.6) is 0 Å². The van der Waals surface area contributed by atoms with Crippen LogP contribution >= 0.6 is 0 Å². The Morgan fingerprint density at radius 3 is 2.00 bits per heavy atom. The number of esters is 1. The van der Waals surface area contributed by atoms with Crippen molar-refractivity contribution in [2.75, 3.05) is 20.2 Å². The molecule has 0 aromatic rings. The first kappa shape index (κ1) is 15.6. The van der Waals surface area contributed by atoms with Gasteiger partial charge in [-0.2, -0.15) is 0 Å². The summed E-state index contributed by atoms with van der Waals surface area (Å²) in [5.74, 6) is -1.63. The third-order valence-corrected chi connectivity index (χ3v) is 4.45. The summed E-state index contributed by atoms with van der Waals surface area (Å²) in [5, 5.41) is 9.55. The van der Waals surface area contributed by atoms with Crippen molar-refractivity contribution in [3.05, 3.63) is 0 Å². The van der Waals surface area contributed by atoms with E-state index in [1.165, 1.54) is 12.0 Å². The van der Waals surface area contributed by atoms with Gasteiger partial charge in [0.05, 0.1) is 7.11 Å². The highest BCUT2D eigenvalue weighted by Gasteiger charge is 2.74. The predicted molar refractivity (Wildman–Crippen MR) is 71.6 cm³/mol. The maximum Gasteiger partial charge on any atom is 0.410 e. The lowest BCUT2D eigenvalue weighted by atomic mass is 9.51. The first-order chi connectivity index (χ1) is 9.58. The van der Waals surface area contributed by atoms with Crippen molar-refractivity contribution in [1.82, 2.24) is 4.90 Å². The second kappa shape index (κ2) is 4.61. The monoisotopic (exact) mass is 299 g/mol. The molecule has 2 atom stereocenters. The van der Waals surface area contributed by atoms with Crippen LogP contribution in [0.2, 0.25) is 0 Å². The van der Waals surface area contributed by atoms with Crippen LogP contribution in [0.25, 0.3) is 0 Å². The summed E-state index contributed by atoms with van der Waals surface area (Å²) >= 11 is 0. The number of hydrogen-bond acceptors (Lipinski definition) is 5. The van der Waals surface area contributed by atoms with Crippen molar-refractivity contribution in [2.45, 2.75) is 39.2 Å². The Balaban J connectivity index is 2.27. The summed E-state index contributed by atoms with van der Waals surface area (Å²) in [6.07, 6.45) is 0.169. The Kier molecular flexibility index (Phi) is 3.42. The molecular weight excluding hydrogens is 278 g/mol. The van der Waals surface area contributed by atoms with Gasteiger partial charge in [0.15, 0.2) is 0 Å². The zero-order valence-corrected chi connectivity index (χ0v) is 12.8. The normalized spacial score (nSPS) is 31.1. The molecule has 0 bridgehead atoms. The van der Waals surface area contributed by atoms with E-state index in [0.717, 1.165) is 0 Å². The van der Waals surface area contributed by atoms with E-state index in [1.807, 2.05) is 0 Å². The Hall–Kier alpha value is -1.79. The van der Waals surface area contributed by atoms with E-state index in [1.54, 1.807) is 20.8 Å². The standard InChI is InChI=1S/C14H21NO6/c1-12(2,3)21-11(19)15-7-13(9(16)17)5-6-14(13,8-15)10(18)20-4/h5-8H2,1-4H3,(H,16,17)/t13-,14+/m0/s1. The summed E-state index contributed by atoms with van der Waals surface area (Å²) in [6.45, 7) is 5.21. The molecule has 21 heavy (non-hydrogen) atoms. The van der Waals surface area contributed by atoms with E-state index >= 15 is 0 Å². The molecule has 0 aromatic heterocycles. The van der Waals surface area contributed by atoms with Gasteiger partial charge in [0.25, 0.3) is 0 Å². The number of carbonyl (C=O) groups is 3. The van der Waals surface area contributed by atoms with Crippen molar-refractivity contribution in [3.8, 4) is 0 Å². The molecule has 1 amide bonds. The quantitative estimate of drug-likeness (QED) is 0.772. The Bertz CT molecular complexity index is 496. The molecule has 2 fully saturated rings. The maximum absolute atomic E-state index is 12.2. The average Bonchev–Trinajstić information content (AvgIpc) is 2.57. The van der Waals surface area contributed by atoms with Crippen LogP contribution in [-0.2, 0) is 19.1 Å². The highest BCUT2D eigenvalue weighted by molar-refractivity contribution is 5.92. The van der Waals surface area contributed by atoms with Crippen LogP contribution in [0.4, 0.5) is 4.79 Å². The zero-order chi connectivity index (χ0) is 16.1. The van der Waals surface area contributed by atoms with E-state index < -0.39 is 34.5 Å². The molecule has 118 valence electrons. The fraction of sp³-hybridized carbons (Fsp3) is 0.786. The van der Waals surface area contributed by atoms with E-state index in [-0.39, 0.29) is 13.1 Å². The largest absolute Gasteiger partial charge is 0.481 e. The second-order valence-electron chi connectivity index (χ2n) is 6.80. The zero-order valence-electron chi connectivity index (χ0n) is 12.8. The van der Waals surface area contributed by atoms with Gasteiger partial charge in [-0.1, -0.05) is 0 Å². The average molecular weight is 299 g/mol. The molecule has 1 aliphatic carbocycles. The molecule has 0 spiro atoms. The minimum Gasteiger partial charge on any atom is -0.481 e. The molecule has 2 aliphatic rings. The molecule has 1 saturated heterocycles. The first-order valence-electron chi connectivity index (χ1n) is 6.88. The third kappa shape index (κ3) is 2.15. The summed E-state index contributed by atoms with van der Waals surface area (Å²) < 4.78 is 10.1. The van der Waals surface area contributed by atoms with E-state index in [2.05, 4.69) is 0 Å². The first-order valence-corrected chi connectivity index (χ1v) is 6.88. The van der Waals surface area contributed by atoms with Crippen LogP contribution in [0, 0.1) is 10.8 Å². The van der Waals surface area contributed by atoms with E-state index in [0.29, 0.717) is 12.8 Å². The van der Waals surface area contributed by atoms with Crippen LogP contribution in [0.15, 0.2) is 0 Å². The van der Waals surface area contributed by atoms with Gasteiger partial charge in [0, 0.05) is 13.1 Å². The number of amides is 1. The number of methoxy groups -OCH3 is 1. The highest BCUT2D eigenvalue weighted by Crippen LogP contribution is 2.62. The minimum absolute atomic E-state index is 0.0215. The van der Waals surface area contributed by atoms with Crippen molar-refractivity contribution >= 4 is 18.0 Å². The van der Waals surface area contributed by atoms with Gasteiger partial charge in [0.1, 0.15) is 16.4 Å². The van der Waals surface area contributed by atoms with E-state index in [9.17, 15) is 19.5 Å². The summed E-state index contributed by atoms with van der Waals surface area (Å²) in [4.78, 5) is 37.2. The molecule has 7 heteroatoms. The third-order valence-electron chi connectivity index (χ3n) is 4.45. The number of carbonyl (C=O) groups excluding carboxylic acids is 2. The number of hydrogen-bond donors (Lipinski definition) is 1. The van der Waals surface area contributed by atoms with Crippen molar-refractivity contribution in [2.24, 2.45) is 10.8 Å². The fourth-order valence-electron chi connectivity index (χ4n) is 3.29. The van der Waals surface area contributed by atoms with Crippen LogP contribution < -0.4 is 0 Å². The van der Waals surface area contributed by atoms with E-state index in [4.69, 9.17) is 9.47 Å². The summed E-state index contributed by atoms with van der Waals surface area (Å²) in [7, 11) is 1.23. The summed E-state index contributed by atoms with van der Waals surface area (Å²) in [5.41, 5.74) is -3.07. The number of carboxylic acid groups (broad SMARTS) is 1. The van der Waals surface area contributed by atoms with Crippen molar-refractivity contribution < 1.29 is 29.0 Å². The number of aliphatic carboxylic acids is 1. The van der Waals surface area contributed by atoms with Crippen LogP contribution in [0.1, 0.15) is 33.6 Å². The lowest BCUT2D eigenvalue weighted by molar-refractivity contribution is -0.185. The number of ether oxygens (including phenoxy) is 2. The lowest BCUT2D eigenvalue weighted by Crippen LogP contribution is -2.59. The molecule has 1 heterocycles. The molecule has 1 saturated carbocycles. The summed E-state index contributed by atoms with van der Waals surface area (Å²) in [6, 6.07) is 0. The molecule has 0 unspecified atom stereocenters. The van der Waals surface area contributed by atoms with Gasteiger partial charge >= 0.3 is 18.0 Å². The van der Waals surface area contributed by atoms with Crippen LogP contribution in [0.3, 0.4) is 0 Å². The van der Waals surface area contributed by atoms with Gasteiger partial charge in [-0.05, 0) is 33.6 Å². The predicted octanol–water partition coefficient (Wildman–Crippen LogP) is 1.26. The van der Waals surface area contributed by atoms with Crippen LogP contribution in [-0.4, -0.2) is 53.8 Å².